The van der Waals surface area contributed by atoms with Crippen molar-refractivity contribution in [1.82, 2.24) is 20.3 Å². The van der Waals surface area contributed by atoms with Crippen LogP contribution in [0.4, 0.5) is 10.1 Å². The molecule has 1 saturated heterocycles. The number of benzene rings is 1. The fourth-order valence-electron chi connectivity index (χ4n) is 2.83. The minimum atomic E-state index is -0.546. The molecule has 3 aromatic rings. The van der Waals surface area contributed by atoms with Gasteiger partial charge in [-0.25, -0.2) is 9.07 Å². The molecule has 8 nitrogen and oxygen atoms in total. The van der Waals surface area contributed by atoms with Crippen LogP contribution >= 0.6 is 22.9 Å². The predicted molar refractivity (Wildman–Crippen MR) is 105 cm³/mol. The molecule has 4 rings (SSSR count). The van der Waals surface area contributed by atoms with Gasteiger partial charge in [-0.05, 0) is 30.3 Å². The fraction of sp³-hybridized carbons (Fsp3) is 0.222. The van der Waals surface area contributed by atoms with Crippen molar-refractivity contribution >= 4 is 40.4 Å². The van der Waals surface area contributed by atoms with Crippen LogP contribution < -0.4 is 10.2 Å². The van der Waals surface area contributed by atoms with Crippen molar-refractivity contribution in [1.29, 1.82) is 0 Å². The van der Waals surface area contributed by atoms with Crippen molar-refractivity contribution in [3.63, 3.8) is 0 Å². The van der Waals surface area contributed by atoms with E-state index in [1.54, 1.807) is 18.2 Å². The van der Waals surface area contributed by atoms with Crippen molar-refractivity contribution in [3.05, 3.63) is 57.3 Å². The maximum absolute atomic E-state index is 14.6. The minimum Gasteiger partial charge on any atom is -0.370 e. The first-order valence-electron chi connectivity index (χ1n) is 8.64. The molecule has 1 aromatic carbocycles. The average Bonchev–Trinajstić information content (AvgIpc) is 3.35. The average molecular weight is 436 g/mol. The lowest BCUT2D eigenvalue weighted by molar-refractivity contribution is -0.125. The van der Waals surface area contributed by atoms with E-state index in [-0.39, 0.29) is 30.7 Å². The van der Waals surface area contributed by atoms with Crippen LogP contribution in [0.2, 0.25) is 4.34 Å². The highest BCUT2D eigenvalue weighted by atomic mass is 35.5. The molecule has 1 aliphatic heterocycles. The number of rotatable bonds is 5. The lowest BCUT2D eigenvalue weighted by atomic mass is 10.2. The zero-order chi connectivity index (χ0) is 20.4. The van der Waals surface area contributed by atoms with E-state index in [0.29, 0.717) is 33.7 Å². The molecule has 150 valence electrons. The first-order valence-corrected chi connectivity index (χ1v) is 9.83. The monoisotopic (exact) mass is 435 g/mol. The second-order valence-electron chi connectivity index (χ2n) is 6.17. The van der Waals surface area contributed by atoms with E-state index in [2.05, 4.69) is 15.6 Å². The van der Waals surface area contributed by atoms with E-state index in [1.165, 1.54) is 39.2 Å². The van der Waals surface area contributed by atoms with Gasteiger partial charge in [0.15, 0.2) is 5.82 Å². The zero-order valence-electron chi connectivity index (χ0n) is 15.0. The Morgan fingerprint density at radius 2 is 2.21 bits per heavy atom. The number of carbonyl (C=O) groups excluding carboxylic acids is 2. The maximum Gasteiger partial charge on any atom is 0.261 e. The Hall–Kier alpha value is -2.82. The van der Waals surface area contributed by atoms with Gasteiger partial charge in [-0.2, -0.15) is 0 Å². The predicted octanol–water partition coefficient (Wildman–Crippen LogP) is 2.41. The molecule has 11 heteroatoms. The number of halogens is 2. The van der Waals surface area contributed by atoms with Gasteiger partial charge < -0.3 is 15.0 Å². The molecular weight excluding hydrogens is 421 g/mol. The highest BCUT2D eigenvalue weighted by Gasteiger charge is 2.21. The molecule has 0 radical (unpaired) electrons. The number of hydrogen-bond donors (Lipinski definition) is 1. The second kappa shape index (κ2) is 8.27. The Balaban J connectivity index is 1.45. The van der Waals surface area contributed by atoms with Gasteiger partial charge in [0.05, 0.1) is 28.6 Å². The van der Waals surface area contributed by atoms with Crippen LogP contribution in [0.5, 0.6) is 0 Å². The number of morpholine rings is 1. The summed E-state index contributed by atoms with van der Waals surface area (Å²) in [6, 6.07) is 7.73. The summed E-state index contributed by atoms with van der Waals surface area (Å²) in [6.07, 6.45) is 1.53. The quantitative estimate of drug-likeness (QED) is 0.664. The summed E-state index contributed by atoms with van der Waals surface area (Å²) in [4.78, 5) is 25.9. The molecule has 29 heavy (non-hydrogen) atoms. The highest BCUT2D eigenvalue weighted by Crippen LogP contribution is 2.23. The normalized spacial score (nSPS) is 14.3. The smallest absolute Gasteiger partial charge is 0.261 e. The summed E-state index contributed by atoms with van der Waals surface area (Å²) in [5.74, 6) is -1.04. The van der Waals surface area contributed by atoms with Gasteiger partial charge in [0.25, 0.3) is 11.8 Å². The summed E-state index contributed by atoms with van der Waals surface area (Å²) in [5, 5.41) is 10.6. The number of aromatic nitrogens is 3. The summed E-state index contributed by atoms with van der Waals surface area (Å²) in [7, 11) is 0. The van der Waals surface area contributed by atoms with E-state index >= 15 is 0 Å². The van der Waals surface area contributed by atoms with Crippen molar-refractivity contribution < 1.29 is 18.7 Å². The molecule has 1 fully saturated rings. The van der Waals surface area contributed by atoms with E-state index in [9.17, 15) is 14.0 Å². The number of amides is 2. The number of hydrogen-bond acceptors (Lipinski definition) is 6. The third kappa shape index (κ3) is 4.29. The summed E-state index contributed by atoms with van der Waals surface area (Å²) in [6.45, 7) is 0.903. The Morgan fingerprint density at radius 3 is 2.93 bits per heavy atom. The van der Waals surface area contributed by atoms with Crippen molar-refractivity contribution in [2.75, 3.05) is 24.7 Å². The summed E-state index contributed by atoms with van der Waals surface area (Å²) >= 11 is 7.00. The number of thiophene rings is 1. The molecule has 0 bridgehead atoms. The lowest BCUT2D eigenvalue weighted by Crippen LogP contribution is -2.41. The van der Waals surface area contributed by atoms with Crippen LogP contribution in [0.3, 0.4) is 0 Å². The van der Waals surface area contributed by atoms with Gasteiger partial charge >= 0.3 is 0 Å². The molecule has 1 aliphatic rings. The zero-order valence-corrected chi connectivity index (χ0v) is 16.5. The van der Waals surface area contributed by atoms with E-state index in [1.807, 2.05) is 0 Å². The number of nitrogens with zero attached hydrogens (tertiary/aromatic N) is 4. The van der Waals surface area contributed by atoms with Crippen LogP contribution in [0.1, 0.15) is 15.4 Å². The standard InChI is InChI=1S/C18H15ClFN5O3S/c19-16-4-3-15(29-16)18(27)21-8-11-9-25(23-22-11)14-2-1-12(7-13(14)20)24-5-6-28-10-17(24)26/h1-4,7,9H,5-6,8,10H2,(H,21,27). The maximum atomic E-state index is 14.6. The van der Waals surface area contributed by atoms with E-state index in [0.717, 1.165) is 0 Å². The molecule has 0 saturated carbocycles. The Bertz CT molecular complexity index is 1070. The van der Waals surface area contributed by atoms with Gasteiger partial charge in [-0.3, -0.25) is 9.59 Å². The van der Waals surface area contributed by atoms with Crippen molar-refractivity contribution in [2.45, 2.75) is 6.54 Å². The van der Waals surface area contributed by atoms with Gasteiger partial charge in [-0.1, -0.05) is 16.8 Å². The molecule has 0 aliphatic carbocycles. The van der Waals surface area contributed by atoms with Crippen LogP contribution in [0.25, 0.3) is 5.69 Å². The lowest BCUT2D eigenvalue weighted by Gasteiger charge is -2.27. The Morgan fingerprint density at radius 1 is 1.34 bits per heavy atom. The molecule has 1 N–H and O–H groups in total. The Kier molecular flexibility index (Phi) is 5.56. The second-order valence-corrected chi connectivity index (χ2v) is 7.89. The van der Waals surface area contributed by atoms with E-state index in [4.69, 9.17) is 16.3 Å². The van der Waals surface area contributed by atoms with Crippen LogP contribution in [0, 0.1) is 5.82 Å². The van der Waals surface area contributed by atoms with Crippen molar-refractivity contribution in [3.8, 4) is 5.69 Å². The van der Waals surface area contributed by atoms with Crippen LogP contribution in [-0.2, 0) is 16.1 Å². The first kappa shape index (κ1) is 19.5. The van der Waals surface area contributed by atoms with E-state index < -0.39 is 5.82 Å². The highest BCUT2D eigenvalue weighted by molar-refractivity contribution is 7.17. The molecule has 0 unspecified atom stereocenters. The largest absolute Gasteiger partial charge is 0.370 e. The third-order valence-corrected chi connectivity index (χ3v) is 5.47. The van der Waals surface area contributed by atoms with Gasteiger partial charge in [0.2, 0.25) is 0 Å². The first-order chi connectivity index (χ1) is 14.0. The number of carbonyl (C=O) groups is 2. The SMILES string of the molecule is O=C(NCc1cn(-c2ccc(N3CCOCC3=O)cc2F)nn1)c1ccc(Cl)s1. The molecule has 2 amide bonds. The fourth-order valence-corrected chi connectivity index (χ4v) is 3.79. The summed E-state index contributed by atoms with van der Waals surface area (Å²) in [5.41, 5.74) is 1.11. The van der Waals surface area contributed by atoms with Gasteiger partial charge in [0.1, 0.15) is 18.0 Å². The molecule has 0 atom stereocenters. The number of nitrogens with one attached hydrogen (secondary N) is 1. The Labute approximate surface area is 173 Å². The van der Waals surface area contributed by atoms with Gasteiger partial charge in [0, 0.05) is 12.2 Å². The topological polar surface area (TPSA) is 89.4 Å². The summed E-state index contributed by atoms with van der Waals surface area (Å²) < 4.78 is 21.5. The molecule has 0 spiro atoms. The molecule has 3 heterocycles. The number of ether oxygens (including phenoxy) is 1. The van der Waals surface area contributed by atoms with Crippen LogP contribution in [-0.4, -0.2) is 46.6 Å². The third-order valence-electron chi connectivity index (χ3n) is 4.24. The molecular formula is C18H15ClFN5O3S. The van der Waals surface area contributed by atoms with Crippen molar-refractivity contribution in [2.24, 2.45) is 0 Å². The minimum absolute atomic E-state index is 0.0147. The van der Waals surface area contributed by atoms with Gasteiger partial charge in [-0.15, -0.1) is 16.4 Å². The number of anilines is 1. The van der Waals surface area contributed by atoms with Crippen LogP contribution in [0.15, 0.2) is 36.5 Å². The molecule has 2 aromatic heterocycles.